The number of benzene rings is 2. The highest BCUT2D eigenvalue weighted by Gasteiger charge is 2.25. The molecule has 0 spiro atoms. The van der Waals surface area contributed by atoms with Crippen molar-refractivity contribution >= 4 is 16.6 Å². The standard InChI is InChI=1S/C23H24N4O2/c1-15-19(13-24)17-11-21(28-2)22(29-3)12-18(17)23(26-15)27-10-9-25-20(14-27)16-7-5-4-6-8-16/h4-8,11-12,20,25H,9-10,14H2,1-3H3/t20-/m0/s1. The molecular formula is C23H24N4O2. The van der Waals surface area contributed by atoms with E-state index in [1.165, 1.54) is 5.56 Å². The molecule has 4 rings (SSSR count). The Hall–Kier alpha value is -3.30. The van der Waals surface area contributed by atoms with E-state index in [9.17, 15) is 5.26 Å². The van der Waals surface area contributed by atoms with Gasteiger partial charge in [0.25, 0.3) is 0 Å². The molecule has 0 aliphatic carbocycles. The van der Waals surface area contributed by atoms with Gasteiger partial charge in [-0.2, -0.15) is 5.26 Å². The van der Waals surface area contributed by atoms with Crippen molar-refractivity contribution in [3.63, 3.8) is 0 Å². The molecule has 0 radical (unpaired) electrons. The Morgan fingerprint density at radius 2 is 1.79 bits per heavy atom. The topological polar surface area (TPSA) is 70.4 Å². The van der Waals surface area contributed by atoms with Gasteiger partial charge in [0, 0.05) is 36.4 Å². The van der Waals surface area contributed by atoms with Gasteiger partial charge in [-0.25, -0.2) is 4.98 Å². The predicted molar refractivity (Wildman–Crippen MR) is 114 cm³/mol. The van der Waals surface area contributed by atoms with Crippen molar-refractivity contribution in [1.29, 1.82) is 5.26 Å². The van der Waals surface area contributed by atoms with E-state index >= 15 is 0 Å². The first-order valence-corrected chi connectivity index (χ1v) is 9.66. The first-order valence-electron chi connectivity index (χ1n) is 9.66. The first kappa shape index (κ1) is 19.0. The molecule has 1 N–H and O–H groups in total. The summed E-state index contributed by atoms with van der Waals surface area (Å²) in [6.07, 6.45) is 0. The van der Waals surface area contributed by atoms with E-state index in [-0.39, 0.29) is 6.04 Å². The Morgan fingerprint density at radius 3 is 2.45 bits per heavy atom. The van der Waals surface area contributed by atoms with Crippen LogP contribution in [0.2, 0.25) is 0 Å². The third-order valence-electron chi connectivity index (χ3n) is 5.46. The van der Waals surface area contributed by atoms with Gasteiger partial charge in [-0.3, -0.25) is 0 Å². The van der Waals surface area contributed by atoms with E-state index in [2.05, 4.69) is 40.6 Å². The Labute approximate surface area is 170 Å². The van der Waals surface area contributed by atoms with Crippen LogP contribution in [-0.4, -0.2) is 38.8 Å². The average Bonchev–Trinajstić information content (AvgIpc) is 2.78. The molecule has 148 valence electrons. The second kappa shape index (κ2) is 7.98. The molecule has 1 fully saturated rings. The molecule has 1 aliphatic rings. The van der Waals surface area contributed by atoms with Crippen molar-refractivity contribution in [2.24, 2.45) is 0 Å². The lowest BCUT2D eigenvalue weighted by atomic mass is 10.0. The second-order valence-corrected chi connectivity index (χ2v) is 7.12. The summed E-state index contributed by atoms with van der Waals surface area (Å²) in [5.41, 5.74) is 2.54. The van der Waals surface area contributed by atoms with E-state index in [1.54, 1.807) is 14.2 Å². The molecule has 0 amide bonds. The fraction of sp³-hybridized carbons (Fsp3) is 0.304. The Kier molecular flexibility index (Phi) is 5.24. The predicted octanol–water partition coefficient (Wildman–Crippen LogP) is 3.58. The molecule has 1 atom stereocenters. The van der Waals surface area contributed by atoms with Gasteiger partial charge < -0.3 is 19.7 Å². The highest BCUT2D eigenvalue weighted by Crippen LogP contribution is 2.38. The van der Waals surface area contributed by atoms with Crippen LogP contribution in [0.15, 0.2) is 42.5 Å². The lowest BCUT2D eigenvalue weighted by Crippen LogP contribution is -2.46. The minimum atomic E-state index is 0.220. The monoisotopic (exact) mass is 388 g/mol. The third kappa shape index (κ3) is 3.45. The summed E-state index contributed by atoms with van der Waals surface area (Å²) in [6.45, 7) is 4.38. The number of hydrogen-bond acceptors (Lipinski definition) is 6. The maximum absolute atomic E-state index is 9.71. The Balaban J connectivity index is 1.83. The number of hydrogen-bond donors (Lipinski definition) is 1. The fourth-order valence-electron chi connectivity index (χ4n) is 3.97. The van der Waals surface area contributed by atoms with Crippen molar-refractivity contribution in [1.82, 2.24) is 10.3 Å². The average molecular weight is 388 g/mol. The summed E-state index contributed by atoms with van der Waals surface area (Å²) < 4.78 is 11.0. The number of fused-ring (bicyclic) bond motifs is 1. The highest BCUT2D eigenvalue weighted by molar-refractivity contribution is 5.98. The first-order chi connectivity index (χ1) is 14.2. The molecule has 1 aliphatic heterocycles. The van der Waals surface area contributed by atoms with Gasteiger partial charge in [-0.15, -0.1) is 0 Å². The summed E-state index contributed by atoms with van der Waals surface area (Å²) in [7, 11) is 3.22. The number of ether oxygens (including phenoxy) is 2. The van der Waals surface area contributed by atoms with Crippen LogP contribution >= 0.6 is 0 Å². The van der Waals surface area contributed by atoms with Crippen molar-refractivity contribution in [3.05, 3.63) is 59.3 Å². The zero-order valence-corrected chi connectivity index (χ0v) is 16.9. The molecule has 2 aromatic carbocycles. The fourth-order valence-corrected chi connectivity index (χ4v) is 3.97. The van der Waals surface area contributed by atoms with Gasteiger partial charge in [0.05, 0.1) is 25.5 Å². The summed E-state index contributed by atoms with van der Waals surface area (Å²) in [5.74, 6) is 2.11. The molecule has 0 bridgehead atoms. The number of nitrogens with zero attached hydrogens (tertiary/aromatic N) is 3. The third-order valence-corrected chi connectivity index (χ3v) is 5.46. The number of methoxy groups -OCH3 is 2. The lowest BCUT2D eigenvalue weighted by Gasteiger charge is -2.35. The second-order valence-electron chi connectivity index (χ2n) is 7.12. The number of nitrogens with one attached hydrogen (secondary N) is 1. The number of aromatic nitrogens is 1. The van der Waals surface area contributed by atoms with E-state index in [0.29, 0.717) is 17.1 Å². The Bertz CT molecular complexity index is 1080. The molecular weight excluding hydrogens is 364 g/mol. The summed E-state index contributed by atoms with van der Waals surface area (Å²) in [6, 6.07) is 16.8. The van der Waals surface area contributed by atoms with Crippen LogP contribution in [0.1, 0.15) is 22.9 Å². The Morgan fingerprint density at radius 1 is 1.10 bits per heavy atom. The van der Waals surface area contributed by atoms with Crippen LogP contribution < -0.4 is 19.7 Å². The summed E-state index contributed by atoms with van der Waals surface area (Å²) in [5, 5.41) is 15.0. The van der Waals surface area contributed by atoms with Gasteiger partial charge in [0.2, 0.25) is 0 Å². The van der Waals surface area contributed by atoms with Gasteiger partial charge in [-0.05, 0) is 24.6 Å². The smallest absolute Gasteiger partial charge is 0.161 e. The van der Waals surface area contributed by atoms with Crippen LogP contribution in [0.25, 0.3) is 10.8 Å². The van der Waals surface area contributed by atoms with E-state index in [0.717, 1.165) is 41.9 Å². The number of nitriles is 1. The summed E-state index contributed by atoms with van der Waals surface area (Å²) in [4.78, 5) is 7.12. The molecule has 2 heterocycles. The maximum Gasteiger partial charge on any atom is 0.161 e. The molecule has 29 heavy (non-hydrogen) atoms. The van der Waals surface area contributed by atoms with Crippen LogP contribution in [-0.2, 0) is 0 Å². The molecule has 0 saturated carbocycles. The zero-order valence-electron chi connectivity index (χ0n) is 16.9. The molecule has 6 heteroatoms. The van der Waals surface area contributed by atoms with Crippen LogP contribution in [0, 0.1) is 18.3 Å². The largest absolute Gasteiger partial charge is 0.493 e. The van der Waals surface area contributed by atoms with Crippen LogP contribution in [0.3, 0.4) is 0 Å². The van der Waals surface area contributed by atoms with E-state index in [1.807, 2.05) is 25.1 Å². The maximum atomic E-state index is 9.71. The van der Waals surface area contributed by atoms with E-state index in [4.69, 9.17) is 14.5 Å². The minimum Gasteiger partial charge on any atom is -0.493 e. The SMILES string of the molecule is COc1cc2c(N3CCN[C@H](c4ccccc4)C3)nc(C)c(C#N)c2cc1OC. The molecule has 6 nitrogen and oxygen atoms in total. The van der Waals surface area contributed by atoms with Gasteiger partial charge in [-0.1, -0.05) is 30.3 Å². The number of pyridine rings is 1. The lowest BCUT2D eigenvalue weighted by molar-refractivity contribution is 0.356. The zero-order chi connectivity index (χ0) is 20.4. The van der Waals surface area contributed by atoms with Gasteiger partial charge in [0.15, 0.2) is 11.5 Å². The van der Waals surface area contributed by atoms with Crippen molar-refractivity contribution < 1.29 is 9.47 Å². The van der Waals surface area contributed by atoms with Crippen molar-refractivity contribution in [2.75, 3.05) is 38.8 Å². The number of rotatable bonds is 4. The number of anilines is 1. The van der Waals surface area contributed by atoms with E-state index < -0.39 is 0 Å². The van der Waals surface area contributed by atoms with Gasteiger partial charge >= 0.3 is 0 Å². The minimum absolute atomic E-state index is 0.220. The molecule has 1 saturated heterocycles. The normalized spacial score (nSPS) is 16.5. The number of aryl methyl sites for hydroxylation is 1. The van der Waals surface area contributed by atoms with Crippen molar-refractivity contribution in [3.8, 4) is 17.6 Å². The summed E-state index contributed by atoms with van der Waals surface area (Å²) >= 11 is 0. The van der Waals surface area contributed by atoms with Gasteiger partial charge in [0.1, 0.15) is 11.9 Å². The number of piperazine rings is 1. The molecule has 0 unspecified atom stereocenters. The van der Waals surface area contributed by atoms with Crippen molar-refractivity contribution in [2.45, 2.75) is 13.0 Å². The molecule has 1 aromatic heterocycles. The van der Waals surface area contributed by atoms with Crippen LogP contribution in [0.5, 0.6) is 11.5 Å². The van der Waals surface area contributed by atoms with Crippen LogP contribution in [0.4, 0.5) is 5.82 Å². The highest BCUT2D eigenvalue weighted by atomic mass is 16.5. The quantitative estimate of drug-likeness (QED) is 0.737. The molecule has 3 aromatic rings.